The second-order valence-electron chi connectivity index (χ2n) is 7.83. The molecule has 2 aliphatic rings. The Morgan fingerprint density at radius 2 is 1.17 bits per heavy atom. The number of allylic oxidation sites excluding steroid dienone is 8. The Balaban J connectivity index is 2.14. The van der Waals surface area contributed by atoms with E-state index in [1.54, 1.807) is 22.3 Å². The molecule has 2 unspecified atom stereocenters. The first-order valence-corrected chi connectivity index (χ1v) is 13.0. The third kappa shape index (κ3) is 4.47. The maximum absolute atomic E-state index is 2.65. The van der Waals surface area contributed by atoms with Crippen LogP contribution in [-0.2, 0) is 22.9 Å². The van der Waals surface area contributed by atoms with Crippen molar-refractivity contribution in [1.29, 1.82) is 0 Å². The standard InChI is InChI=1S/2C11H17.Hf/c2*1-4-5-6-11-7-9(2)10(3)8-11;/h2*7-8H,4-6H2,1-3H3;. The Hall–Kier alpha value is -0.170. The van der Waals surface area contributed by atoms with Gasteiger partial charge in [0.05, 0.1) is 0 Å². The van der Waals surface area contributed by atoms with Crippen LogP contribution >= 0.6 is 0 Å². The number of hydrogen-bond acceptors (Lipinski definition) is 0. The van der Waals surface area contributed by atoms with Gasteiger partial charge >= 0.3 is 156 Å². The van der Waals surface area contributed by atoms with Gasteiger partial charge in [0.2, 0.25) is 0 Å². The van der Waals surface area contributed by atoms with E-state index in [1.165, 1.54) is 38.5 Å². The van der Waals surface area contributed by atoms with Gasteiger partial charge in [-0.1, -0.05) is 0 Å². The van der Waals surface area contributed by atoms with Crippen LogP contribution in [0, 0.1) is 0 Å². The average molecular weight is 477 g/mol. The fourth-order valence-corrected chi connectivity index (χ4v) is 11.4. The van der Waals surface area contributed by atoms with Crippen molar-refractivity contribution in [3.63, 3.8) is 0 Å². The van der Waals surface area contributed by atoms with E-state index in [1.807, 2.05) is 0 Å². The summed E-state index contributed by atoms with van der Waals surface area (Å²) in [6, 6.07) is 0. The maximum atomic E-state index is 2.65. The van der Waals surface area contributed by atoms with Crippen LogP contribution in [0.25, 0.3) is 0 Å². The average Bonchev–Trinajstić information content (AvgIpc) is 2.91. The first kappa shape index (κ1) is 19.2. The Morgan fingerprint density at radius 1 is 0.783 bits per heavy atom. The molecule has 0 spiro atoms. The van der Waals surface area contributed by atoms with Crippen LogP contribution in [0.15, 0.2) is 46.6 Å². The van der Waals surface area contributed by atoms with Crippen LogP contribution in [0.5, 0.6) is 0 Å². The predicted molar refractivity (Wildman–Crippen MR) is 99.5 cm³/mol. The number of unbranched alkanes of at least 4 members (excludes halogenated alkanes) is 2. The van der Waals surface area contributed by atoms with Gasteiger partial charge in [0.1, 0.15) is 0 Å². The zero-order chi connectivity index (χ0) is 17.1. The quantitative estimate of drug-likeness (QED) is 0.317. The van der Waals surface area contributed by atoms with Gasteiger partial charge in [-0.25, -0.2) is 0 Å². The molecule has 0 fully saturated rings. The van der Waals surface area contributed by atoms with Crippen LogP contribution in [0.4, 0.5) is 0 Å². The van der Waals surface area contributed by atoms with E-state index in [4.69, 9.17) is 0 Å². The summed E-state index contributed by atoms with van der Waals surface area (Å²) in [5, 5.41) is 0. The summed E-state index contributed by atoms with van der Waals surface area (Å²) in [7, 11) is 0. The van der Waals surface area contributed by atoms with Gasteiger partial charge in [-0.05, 0) is 0 Å². The zero-order valence-electron chi connectivity index (χ0n) is 16.1. The predicted octanol–water partition coefficient (Wildman–Crippen LogP) is 7.58. The summed E-state index contributed by atoms with van der Waals surface area (Å²) in [4.78, 5) is 0. The fraction of sp³-hybridized carbons (Fsp3) is 0.636. The molecule has 0 nitrogen and oxygen atoms in total. The Bertz CT molecular complexity index is 511. The Morgan fingerprint density at radius 3 is 1.52 bits per heavy atom. The topological polar surface area (TPSA) is 0 Å². The fourth-order valence-electron chi connectivity index (χ4n) is 3.77. The summed E-state index contributed by atoms with van der Waals surface area (Å²) in [6.07, 6.45) is 18.1. The van der Waals surface area contributed by atoms with Crippen molar-refractivity contribution in [1.82, 2.24) is 0 Å². The van der Waals surface area contributed by atoms with Crippen molar-refractivity contribution in [3.8, 4) is 0 Å². The van der Waals surface area contributed by atoms with E-state index < -0.39 is 22.9 Å². The molecule has 0 aromatic rings. The van der Waals surface area contributed by atoms with Crippen molar-refractivity contribution in [3.05, 3.63) is 46.6 Å². The van der Waals surface area contributed by atoms with E-state index in [0.29, 0.717) is 6.34 Å². The first-order chi connectivity index (χ1) is 10.8. The molecule has 0 radical (unpaired) electrons. The second kappa shape index (κ2) is 7.81. The van der Waals surface area contributed by atoms with E-state index in [-0.39, 0.29) is 0 Å². The third-order valence-corrected chi connectivity index (χ3v) is 13.1. The first-order valence-electron chi connectivity index (χ1n) is 9.43. The van der Waals surface area contributed by atoms with Crippen molar-refractivity contribution in [2.75, 3.05) is 0 Å². The zero-order valence-corrected chi connectivity index (χ0v) is 19.6. The molecule has 0 N–H and O–H groups in total. The minimum atomic E-state index is -0.934. The molecular weight excluding hydrogens is 443 g/mol. The van der Waals surface area contributed by atoms with Gasteiger partial charge in [0, 0.05) is 0 Å². The normalized spacial score (nSPS) is 30.0. The molecule has 0 saturated carbocycles. The molecule has 1 heteroatoms. The number of hydrogen-bond donors (Lipinski definition) is 0. The molecule has 0 saturated heterocycles. The van der Waals surface area contributed by atoms with Crippen LogP contribution in [0.3, 0.4) is 0 Å². The Kier molecular flexibility index (Phi) is 6.50. The third-order valence-electron chi connectivity index (χ3n) is 5.55. The van der Waals surface area contributed by atoms with Crippen LogP contribution in [0.1, 0.15) is 80.1 Å². The van der Waals surface area contributed by atoms with Gasteiger partial charge < -0.3 is 0 Å². The summed E-state index contributed by atoms with van der Waals surface area (Å²) in [6.45, 7) is 14.4. The summed E-state index contributed by atoms with van der Waals surface area (Å²) in [5.41, 5.74) is 6.49. The van der Waals surface area contributed by atoms with Gasteiger partial charge in [-0.15, -0.1) is 0 Å². The summed E-state index contributed by atoms with van der Waals surface area (Å²) in [5.74, 6) is 0. The van der Waals surface area contributed by atoms with Crippen LogP contribution < -0.4 is 0 Å². The van der Waals surface area contributed by atoms with Crippen molar-refractivity contribution >= 4 is 0 Å². The summed E-state index contributed by atoms with van der Waals surface area (Å²) >= 11 is -0.934. The second-order valence-corrected chi connectivity index (χ2v) is 16.2. The molecule has 2 aliphatic carbocycles. The molecule has 126 valence electrons. The van der Waals surface area contributed by atoms with Crippen molar-refractivity contribution in [2.45, 2.75) is 86.4 Å². The van der Waals surface area contributed by atoms with Gasteiger partial charge in [0.25, 0.3) is 0 Å². The molecule has 2 rings (SSSR count). The molecule has 23 heavy (non-hydrogen) atoms. The molecule has 0 amide bonds. The van der Waals surface area contributed by atoms with Gasteiger partial charge in [0.15, 0.2) is 0 Å². The molecule has 0 bridgehead atoms. The summed E-state index contributed by atoms with van der Waals surface area (Å²) < 4.78 is 0.841. The van der Waals surface area contributed by atoms with Crippen molar-refractivity contribution in [2.24, 2.45) is 0 Å². The Labute approximate surface area is 155 Å². The molecule has 2 atom stereocenters. The van der Waals surface area contributed by atoms with E-state index in [9.17, 15) is 0 Å². The van der Waals surface area contributed by atoms with Crippen LogP contribution in [-0.4, -0.2) is 0 Å². The molecule has 0 aliphatic heterocycles. The molecular formula is C22H34Hf. The van der Waals surface area contributed by atoms with E-state index in [0.717, 1.165) is 0 Å². The number of rotatable bonds is 8. The van der Waals surface area contributed by atoms with E-state index >= 15 is 0 Å². The van der Waals surface area contributed by atoms with Crippen LogP contribution in [0.2, 0.25) is 6.34 Å². The molecule has 0 aromatic heterocycles. The van der Waals surface area contributed by atoms with Gasteiger partial charge in [-0.3, -0.25) is 0 Å². The molecule has 0 heterocycles. The minimum absolute atomic E-state index is 0.420. The molecule has 0 aromatic carbocycles. The SMILES string of the molecule is CCCCC1=C[C](C)([Hf][C]2(C)C=C(CCCC)C=C2C)C(C)=C1. The van der Waals surface area contributed by atoms with Crippen molar-refractivity contribution < 1.29 is 22.9 Å². The van der Waals surface area contributed by atoms with E-state index in [2.05, 4.69) is 65.8 Å². The monoisotopic (exact) mass is 478 g/mol. The van der Waals surface area contributed by atoms with Gasteiger partial charge in [-0.2, -0.15) is 0 Å².